The van der Waals surface area contributed by atoms with E-state index in [2.05, 4.69) is 13.8 Å². The second-order valence-electron chi connectivity index (χ2n) is 9.67. The van der Waals surface area contributed by atoms with Crippen LogP contribution in [0.1, 0.15) is 44.6 Å². The molecule has 1 saturated heterocycles. The average Bonchev–Trinajstić information content (AvgIpc) is 2.98. The zero-order chi connectivity index (χ0) is 21.9. The van der Waals surface area contributed by atoms with E-state index in [1.165, 1.54) is 4.90 Å². The molecule has 158 valence electrons. The topological polar surface area (TPSA) is 54.5 Å². The maximum Gasteiger partial charge on any atom is 0.242 e. The van der Waals surface area contributed by atoms with Crippen LogP contribution in [0.5, 0.6) is 0 Å². The standard InChI is InChI=1S/C26H24ClNO3/c1-26(2)13-16-12-19(15-8-10-17(27)11-9-15)22-23(21(16)20(29)14-26)25(31)28(24(22)30)18-6-4-3-5-7-18/h3-11,19,22-23H,12-14H2,1-2H3/t19-,22+,23-/m1/s1. The Bertz CT molecular complexity index is 1120. The number of hydrogen-bond acceptors (Lipinski definition) is 3. The van der Waals surface area contributed by atoms with Crippen LogP contribution < -0.4 is 4.90 Å². The average molecular weight is 434 g/mol. The van der Waals surface area contributed by atoms with Gasteiger partial charge in [0.1, 0.15) is 0 Å². The summed E-state index contributed by atoms with van der Waals surface area (Å²) in [7, 11) is 0. The molecule has 31 heavy (non-hydrogen) atoms. The Morgan fingerprint density at radius 2 is 1.58 bits per heavy atom. The Labute approximate surface area is 186 Å². The van der Waals surface area contributed by atoms with E-state index >= 15 is 0 Å². The number of amides is 2. The highest BCUT2D eigenvalue weighted by molar-refractivity contribution is 6.30. The number of fused-ring (bicyclic) bond motifs is 2. The van der Waals surface area contributed by atoms with E-state index in [4.69, 9.17) is 11.6 Å². The molecule has 2 aromatic rings. The van der Waals surface area contributed by atoms with Crippen LogP contribution in [0.4, 0.5) is 5.69 Å². The van der Waals surface area contributed by atoms with Gasteiger partial charge in [0.15, 0.2) is 5.78 Å². The molecule has 0 radical (unpaired) electrons. The van der Waals surface area contributed by atoms with Crippen molar-refractivity contribution in [3.05, 3.63) is 76.3 Å². The van der Waals surface area contributed by atoms with Gasteiger partial charge in [0.2, 0.25) is 11.8 Å². The minimum absolute atomic E-state index is 0.0202. The van der Waals surface area contributed by atoms with Gasteiger partial charge in [0, 0.05) is 22.9 Å². The predicted octanol–water partition coefficient (Wildman–Crippen LogP) is 5.32. The molecule has 0 unspecified atom stereocenters. The molecule has 0 aromatic heterocycles. The Morgan fingerprint density at radius 1 is 0.903 bits per heavy atom. The quantitative estimate of drug-likeness (QED) is 0.602. The van der Waals surface area contributed by atoms with Crippen molar-refractivity contribution in [3.63, 3.8) is 0 Å². The van der Waals surface area contributed by atoms with Gasteiger partial charge in [-0.1, -0.05) is 61.4 Å². The van der Waals surface area contributed by atoms with Gasteiger partial charge < -0.3 is 0 Å². The Kier molecular flexibility index (Phi) is 4.67. The summed E-state index contributed by atoms with van der Waals surface area (Å²) in [6.07, 6.45) is 1.80. The third kappa shape index (κ3) is 3.25. The molecule has 1 fully saturated rings. The van der Waals surface area contributed by atoms with E-state index < -0.39 is 11.8 Å². The lowest BCUT2D eigenvalue weighted by Gasteiger charge is -2.41. The fourth-order valence-electron chi connectivity index (χ4n) is 5.70. The maximum absolute atomic E-state index is 13.7. The number of anilines is 1. The first-order valence-electron chi connectivity index (χ1n) is 10.7. The molecule has 0 bridgehead atoms. The number of halogens is 1. The molecule has 3 atom stereocenters. The highest BCUT2D eigenvalue weighted by atomic mass is 35.5. The number of hydrogen-bond donors (Lipinski definition) is 0. The summed E-state index contributed by atoms with van der Waals surface area (Å²) >= 11 is 6.10. The highest BCUT2D eigenvalue weighted by Gasteiger charge is 2.58. The second kappa shape index (κ2) is 7.16. The zero-order valence-electron chi connectivity index (χ0n) is 17.6. The van der Waals surface area contributed by atoms with E-state index in [1.807, 2.05) is 42.5 Å². The maximum atomic E-state index is 13.7. The van der Waals surface area contributed by atoms with Gasteiger partial charge in [-0.3, -0.25) is 14.4 Å². The van der Waals surface area contributed by atoms with E-state index in [1.54, 1.807) is 12.1 Å². The molecule has 0 spiro atoms. The number of Topliss-reactive ketones (excluding diaryl/α,β-unsaturated/α-hetero) is 1. The zero-order valence-corrected chi connectivity index (χ0v) is 18.4. The summed E-state index contributed by atoms with van der Waals surface area (Å²) in [5, 5.41) is 0.629. The Morgan fingerprint density at radius 3 is 2.26 bits per heavy atom. The molecule has 2 amide bonds. The first-order chi connectivity index (χ1) is 14.8. The lowest BCUT2D eigenvalue weighted by atomic mass is 9.60. The lowest BCUT2D eigenvalue weighted by Crippen LogP contribution is -2.39. The molecule has 2 aliphatic carbocycles. The molecule has 0 N–H and O–H groups in total. The molecule has 1 heterocycles. The summed E-state index contributed by atoms with van der Waals surface area (Å²) in [6.45, 7) is 4.19. The summed E-state index contributed by atoms with van der Waals surface area (Å²) in [4.78, 5) is 41.8. The van der Waals surface area contributed by atoms with Crippen molar-refractivity contribution in [2.75, 3.05) is 4.90 Å². The number of nitrogens with zero attached hydrogens (tertiary/aromatic N) is 1. The van der Waals surface area contributed by atoms with Gasteiger partial charge in [-0.2, -0.15) is 0 Å². The normalized spacial score (nSPS) is 27.4. The summed E-state index contributed by atoms with van der Waals surface area (Å²) in [6, 6.07) is 16.5. The van der Waals surface area contributed by atoms with Crippen LogP contribution in [0.25, 0.3) is 0 Å². The number of carbonyl (C=O) groups excluding carboxylic acids is 3. The van der Waals surface area contributed by atoms with Crippen molar-refractivity contribution in [3.8, 4) is 0 Å². The summed E-state index contributed by atoms with van der Waals surface area (Å²) in [5.74, 6) is -1.91. The monoisotopic (exact) mass is 433 g/mol. The summed E-state index contributed by atoms with van der Waals surface area (Å²) < 4.78 is 0. The predicted molar refractivity (Wildman–Crippen MR) is 120 cm³/mol. The molecule has 3 aliphatic rings. The van der Waals surface area contributed by atoms with Gasteiger partial charge in [0.25, 0.3) is 0 Å². The van der Waals surface area contributed by atoms with E-state index in [-0.39, 0.29) is 28.9 Å². The largest absolute Gasteiger partial charge is 0.295 e. The fourth-order valence-corrected chi connectivity index (χ4v) is 5.82. The molecule has 2 aromatic carbocycles. The molecular weight excluding hydrogens is 410 g/mol. The molecular formula is C26H24ClNO3. The van der Waals surface area contributed by atoms with Crippen LogP contribution in [0.2, 0.25) is 5.02 Å². The van der Waals surface area contributed by atoms with Gasteiger partial charge in [-0.05, 0) is 48.1 Å². The van der Waals surface area contributed by atoms with Crippen molar-refractivity contribution >= 4 is 34.9 Å². The van der Waals surface area contributed by atoms with Crippen LogP contribution in [0, 0.1) is 17.3 Å². The number of para-hydroxylation sites is 1. The summed E-state index contributed by atoms with van der Waals surface area (Å²) in [5.41, 5.74) is 3.05. The number of rotatable bonds is 2. The molecule has 1 aliphatic heterocycles. The third-order valence-corrected chi connectivity index (χ3v) is 7.14. The lowest BCUT2D eigenvalue weighted by molar-refractivity contribution is -0.125. The first kappa shape index (κ1) is 20.2. The van der Waals surface area contributed by atoms with Crippen LogP contribution in [0.3, 0.4) is 0 Å². The number of carbonyl (C=O) groups is 3. The van der Waals surface area contributed by atoms with Crippen LogP contribution in [0.15, 0.2) is 65.7 Å². The molecule has 4 nitrogen and oxygen atoms in total. The third-order valence-electron chi connectivity index (χ3n) is 6.89. The Balaban J connectivity index is 1.67. The van der Waals surface area contributed by atoms with E-state index in [9.17, 15) is 14.4 Å². The Hall–Kier alpha value is -2.72. The van der Waals surface area contributed by atoms with Crippen molar-refractivity contribution in [1.29, 1.82) is 0 Å². The van der Waals surface area contributed by atoms with Crippen molar-refractivity contribution in [2.45, 2.75) is 39.0 Å². The SMILES string of the molecule is CC1(C)CC(=O)C2=C(C[C@H](c3ccc(Cl)cc3)[C@@H]3C(=O)N(c4ccccc4)C(=O)[C@H]23)C1. The van der Waals surface area contributed by atoms with Crippen molar-refractivity contribution in [2.24, 2.45) is 17.3 Å². The van der Waals surface area contributed by atoms with Crippen LogP contribution >= 0.6 is 11.6 Å². The number of allylic oxidation sites excluding steroid dienone is 1. The number of imide groups is 1. The smallest absolute Gasteiger partial charge is 0.242 e. The molecule has 5 rings (SSSR count). The molecule has 0 saturated carbocycles. The van der Waals surface area contributed by atoms with Crippen LogP contribution in [-0.4, -0.2) is 17.6 Å². The highest BCUT2D eigenvalue weighted by Crippen LogP contribution is 2.54. The number of ketones is 1. The van der Waals surface area contributed by atoms with Crippen LogP contribution in [-0.2, 0) is 14.4 Å². The van der Waals surface area contributed by atoms with Gasteiger partial charge >= 0.3 is 0 Å². The van der Waals surface area contributed by atoms with Gasteiger partial charge in [-0.25, -0.2) is 4.90 Å². The minimum Gasteiger partial charge on any atom is -0.295 e. The van der Waals surface area contributed by atoms with Crippen molar-refractivity contribution in [1.82, 2.24) is 0 Å². The van der Waals surface area contributed by atoms with E-state index in [0.717, 1.165) is 17.6 Å². The number of benzene rings is 2. The minimum atomic E-state index is -0.708. The van der Waals surface area contributed by atoms with Gasteiger partial charge in [0.05, 0.1) is 17.5 Å². The van der Waals surface area contributed by atoms with Gasteiger partial charge in [-0.15, -0.1) is 0 Å². The second-order valence-corrected chi connectivity index (χ2v) is 10.1. The van der Waals surface area contributed by atoms with Crippen molar-refractivity contribution < 1.29 is 14.4 Å². The fraction of sp³-hybridized carbons (Fsp3) is 0.346. The first-order valence-corrected chi connectivity index (χ1v) is 11.1. The van der Waals surface area contributed by atoms with E-state index in [0.29, 0.717) is 29.1 Å². The molecule has 5 heteroatoms.